The lowest BCUT2D eigenvalue weighted by atomic mass is 10.2. The Morgan fingerprint density at radius 2 is 1.67 bits per heavy atom. The van der Waals surface area contributed by atoms with Crippen LogP contribution >= 0.6 is 34.8 Å². The molecule has 0 spiro atoms. The molecule has 0 saturated carbocycles. The molecule has 0 aliphatic heterocycles. The molecule has 2 aromatic rings. The molecule has 0 aromatic heterocycles. The normalized spacial score (nSPS) is 10.3. The van der Waals surface area contributed by atoms with Gasteiger partial charge in [-0.2, -0.15) is 0 Å². The van der Waals surface area contributed by atoms with Crippen LogP contribution in [0.5, 0.6) is 17.2 Å². The van der Waals surface area contributed by atoms with Crippen LogP contribution in [0.25, 0.3) is 0 Å². The van der Waals surface area contributed by atoms with Crippen molar-refractivity contribution in [3.05, 3.63) is 51.0 Å². The zero-order valence-electron chi connectivity index (χ0n) is 12.9. The Hall–Kier alpha value is -1.62. The van der Waals surface area contributed by atoms with E-state index in [1.54, 1.807) is 24.3 Å². The van der Waals surface area contributed by atoms with Crippen molar-refractivity contribution in [2.45, 2.75) is 6.92 Å². The van der Waals surface area contributed by atoms with Crippen molar-refractivity contribution in [2.24, 2.45) is 0 Å². The first kappa shape index (κ1) is 18.7. The van der Waals surface area contributed by atoms with E-state index >= 15 is 0 Å². The summed E-state index contributed by atoms with van der Waals surface area (Å²) < 4.78 is 16.6. The summed E-state index contributed by atoms with van der Waals surface area (Å²) in [6, 6.07) is 8.05. The third-order valence-electron chi connectivity index (χ3n) is 2.95. The summed E-state index contributed by atoms with van der Waals surface area (Å²) in [6.07, 6.45) is 0.697. The molecule has 0 saturated heterocycles. The molecule has 4 nitrogen and oxygen atoms in total. The Kier molecular flexibility index (Phi) is 7.03. The molecule has 0 unspecified atom stereocenters. The van der Waals surface area contributed by atoms with E-state index in [0.29, 0.717) is 50.8 Å². The van der Waals surface area contributed by atoms with Gasteiger partial charge in [0.15, 0.2) is 11.5 Å². The van der Waals surface area contributed by atoms with E-state index in [9.17, 15) is 4.79 Å². The van der Waals surface area contributed by atoms with Gasteiger partial charge in [-0.15, -0.1) is 0 Å². The second kappa shape index (κ2) is 9.02. The zero-order chi connectivity index (χ0) is 17.5. The van der Waals surface area contributed by atoms with Crippen LogP contribution in [-0.2, 0) is 0 Å². The minimum Gasteiger partial charge on any atom is -0.490 e. The Morgan fingerprint density at radius 1 is 0.917 bits per heavy atom. The summed E-state index contributed by atoms with van der Waals surface area (Å²) in [6.45, 7) is 2.69. The monoisotopic (exact) mass is 388 g/mol. The Morgan fingerprint density at radius 3 is 2.38 bits per heavy atom. The third-order valence-corrected chi connectivity index (χ3v) is 3.78. The largest absolute Gasteiger partial charge is 0.490 e. The van der Waals surface area contributed by atoms with Crippen LogP contribution in [0, 0.1) is 0 Å². The van der Waals surface area contributed by atoms with Gasteiger partial charge in [-0.3, -0.25) is 4.79 Å². The standard InChI is InChI=1S/C17H15Cl3O4/c1-2-22-16-8-11(10-21)7-14(20)17(16)24-6-5-23-15-9-12(18)3-4-13(15)19/h3-4,7-10H,2,5-6H2,1H3. The lowest BCUT2D eigenvalue weighted by Gasteiger charge is -2.15. The van der Waals surface area contributed by atoms with Gasteiger partial charge in [0.1, 0.15) is 25.2 Å². The number of aldehydes is 1. The molecular weight excluding hydrogens is 375 g/mol. The second-order valence-corrected chi connectivity index (χ2v) is 5.90. The van der Waals surface area contributed by atoms with Crippen molar-refractivity contribution in [3.8, 4) is 17.2 Å². The highest BCUT2D eigenvalue weighted by molar-refractivity contribution is 6.34. The van der Waals surface area contributed by atoms with E-state index in [4.69, 9.17) is 49.0 Å². The molecule has 2 aromatic carbocycles. The Balaban J connectivity index is 2.01. The first-order valence-electron chi connectivity index (χ1n) is 7.17. The predicted octanol–water partition coefficient (Wildman–Crippen LogP) is 5.32. The van der Waals surface area contributed by atoms with Crippen LogP contribution in [0.2, 0.25) is 15.1 Å². The number of halogens is 3. The van der Waals surface area contributed by atoms with E-state index in [1.165, 1.54) is 6.07 Å². The van der Waals surface area contributed by atoms with Crippen molar-refractivity contribution < 1.29 is 19.0 Å². The fourth-order valence-corrected chi connectivity index (χ4v) is 2.55. The van der Waals surface area contributed by atoms with Crippen molar-refractivity contribution >= 4 is 41.1 Å². The van der Waals surface area contributed by atoms with Gasteiger partial charge in [-0.25, -0.2) is 0 Å². The van der Waals surface area contributed by atoms with Crippen LogP contribution in [0.3, 0.4) is 0 Å². The van der Waals surface area contributed by atoms with Crippen LogP contribution in [0.4, 0.5) is 0 Å². The highest BCUT2D eigenvalue weighted by atomic mass is 35.5. The van der Waals surface area contributed by atoms with E-state index in [1.807, 2.05) is 6.92 Å². The SMILES string of the molecule is CCOc1cc(C=O)cc(Cl)c1OCCOc1cc(Cl)ccc1Cl. The third kappa shape index (κ3) is 4.94. The molecule has 0 amide bonds. The fraction of sp³-hybridized carbons (Fsp3) is 0.235. The molecule has 0 aliphatic rings. The molecule has 0 fully saturated rings. The number of benzene rings is 2. The van der Waals surface area contributed by atoms with Gasteiger partial charge in [-0.1, -0.05) is 34.8 Å². The van der Waals surface area contributed by atoms with E-state index in [-0.39, 0.29) is 13.2 Å². The topological polar surface area (TPSA) is 44.8 Å². The van der Waals surface area contributed by atoms with Crippen LogP contribution in [0.15, 0.2) is 30.3 Å². The average molecular weight is 390 g/mol. The number of hydrogen-bond donors (Lipinski definition) is 0. The average Bonchev–Trinajstić information content (AvgIpc) is 2.56. The number of carbonyl (C=O) groups is 1. The lowest BCUT2D eigenvalue weighted by Crippen LogP contribution is -2.10. The first-order chi connectivity index (χ1) is 11.5. The maximum Gasteiger partial charge on any atom is 0.179 e. The molecule has 0 radical (unpaired) electrons. The number of ether oxygens (including phenoxy) is 3. The van der Waals surface area contributed by atoms with Crippen LogP contribution in [-0.4, -0.2) is 26.1 Å². The van der Waals surface area contributed by atoms with E-state index < -0.39 is 0 Å². The molecule has 128 valence electrons. The second-order valence-electron chi connectivity index (χ2n) is 4.65. The Bertz CT molecular complexity index is 719. The van der Waals surface area contributed by atoms with Crippen LogP contribution < -0.4 is 14.2 Å². The predicted molar refractivity (Wildman–Crippen MR) is 95.5 cm³/mol. The summed E-state index contributed by atoms with van der Waals surface area (Å²) in [4.78, 5) is 10.9. The molecule has 0 N–H and O–H groups in total. The molecule has 0 atom stereocenters. The molecule has 0 aliphatic carbocycles. The Labute approximate surface area is 155 Å². The maximum absolute atomic E-state index is 10.9. The number of hydrogen-bond acceptors (Lipinski definition) is 4. The summed E-state index contributed by atoms with van der Waals surface area (Å²) >= 11 is 18.1. The molecule has 24 heavy (non-hydrogen) atoms. The highest BCUT2D eigenvalue weighted by Crippen LogP contribution is 2.36. The summed E-state index contributed by atoms with van der Waals surface area (Å²) in [5.74, 6) is 1.25. The van der Waals surface area contributed by atoms with Crippen LogP contribution in [0.1, 0.15) is 17.3 Å². The molecule has 7 heteroatoms. The van der Waals surface area contributed by atoms with Gasteiger partial charge < -0.3 is 14.2 Å². The van der Waals surface area contributed by atoms with Gasteiger partial charge in [0, 0.05) is 16.7 Å². The molecule has 2 rings (SSSR count). The number of carbonyl (C=O) groups excluding carboxylic acids is 1. The van der Waals surface area contributed by atoms with E-state index in [0.717, 1.165) is 0 Å². The number of rotatable bonds is 8. The zero-order valence-corrected chi connectivity index (χ0v) is 15.1. The van der Waals surface area contributed by atoms with Gasteiger partial charge >= 0.3 is 0 Å². The van der Waals surface area contributed by atoms with Crippen molar-refractivity contribution in [2.75, 3.05) is 19.8 Å². The van der Waals surface area contributed by atoms with Gasteiger partial charge in [0.25, 0.3) is 0 Å². The smallest absolute Gasteiger partial charge is 0.179 e. The quantitative estimate of drug-likeness (QED) is 0.453. The molecular formula is C17H15Cl3O4. The fourth-order valence-electron chi connectivity index (χ4n) is 1.94. The van der Waals surface area contributed by atoms with E-state index in [2.05, 4.69) is 0 Å². The first-order valence-corrected chi connectivity index (χ1v) is 8.30. The minimum atomic E-state index is 0.211. The maximum atomic E-state index is 10.9. The van der Waals surface area contributed by atoms with Gasteiger partial charge in [0.05, 0.1) is 16.7 Å². The van der Waals surface area contributed by atoms with Gasteiger partial charge in [-0.05, 0) is 31.2 Å². The molecule has 0 heterocycles. The lowest BCUT2D eigenvalue weighted by molar-refractivity contribution is 0.112. The minimum absolute atomic E-state index is 0.211. The van der Waals surface area contributed by atoms with Gasteiger partial charge in [0.2, 0.25) is 0 Å². The summed E-state index contributed by atoms with van der Waals surface area (Å²) in [5, 5.41) is 1.29. The van der Waals surface area contributed by atoms with Crippen molar-refractivity contribution in [3.63, 3.8) is 0 Å². The summed E-state index contributed by atoms with van der Waals surface area (Å²) in [5.41, 5.74) is 0.415. The summed E-state index contributed by atoms with van der Waals surface area (Å²) in [7, 11) is 0. The van der Waals surface area contributed by atoms with Crippen molar-refractivity contribution in [1.29, 1.82) is 0 Å². The highest BCUT2D eigenvalue weighted by Gasteiger charge is 2.13. The van der Waals surface area contributed by atoms with Crippen molar-refractivity contribution in [1.82, 2.24) is 0 Å². The molecule has 0 bridgehead atoms.